The van der Waals surface area contributed by atoms with E-state index < -0.39 is 11.9 Å². The molecule has 0 saturated carbocycles. The number of benzene rings is 2. The van der Waals surface area contributed by atoms with Crippen LogP contribution in [0.5, 0.6) is 0 Å². The molecule has 3 rings (SSSR count). The van der Waals surface area contributed by atoms with Gasteiger partial charge in [-0.1, -0.05) is 12.1 Å². The van der Waals surface area contributed by atoms with Crippen molar-refractivity contribution in [1.29, 1.82) is 0 Å². The summed E-state index contributed by atoms with van der Waals surface area (Å²) in [6.07, 6.45) is 0.160. The second kappa shape index (κ2) is 6.76. The van der Waals surface area contributed by atoms with E-state index >= 15 is 0 Å². The van der Waals surface area contributed by atoms with Gasteiger partial charge in [0.15, 0.2) is 0 Å². The molecule has 1 aliphatic heterocycles. The van der Waals surface area contributed by atoms with Crippen molar-refractivity contribution in [2.24, 2.45) is 5.92 Å². The number of carbonyl (C=O) groups excluding carboxylic acids is 2. The molecular formula is C19H18N2O4. The molecule has 2 aromatic rings. The Balaban J connectivity index is 1.67. The van der Waals surface area contributed by atoms with Crippen LogP contribution in [0.4, 0.5) is 11.4 Å². The van der Waals surface area contributed by atoms with Gasteiger partial charge in [-0.05, 0) is 48.9 Å². The minimum Gasteiger partial charge on any atom is -0.478 e. The van der Waals surface area contributed by atoms with Crippen LogP contribution in [0.2, 0.25) is 0 Å². The van der Waals surface area contributed by atoms with Crippen molar-refractivity contribution in [2.75, 3.05) is 16.8 Å². The quantitative estimate of drug-likeness (QED) is 0.897. The van der Waals surface area contributed by atoms with Crippen LogP contribution >= 0.6 is 0 Å². The largest absolute Gasteiger partial charge is 0.478 e. The molecule has 25 heavy (non-hydrogen) atoms. The summed E-state index contributed by atoms with van der Waals surface area (Å²) >= 11 is 0. The molecule has 0 unspecified atom stereocenters. The maximum atomic E-state index is 12.4. The molecule has 6 heteroatoms. The number of carbonyl (C=O) groups is 3. The number of anilines is 2. The fourth-order valence-corrected chi connectivity index (χ4v) is 2.87. The second-order valence-corrected chi connectivity index (χ2v) is 6.12. The van der Waals surface area contributed by atoms with Gasteiger partial charge in [0.05, 0.1) is 11.5 Å². The van der Waals surface area contributed by atoms with Gasteiger partial charge in [-0.2, -0.15) is 0 Å². The van der Waals surface area contributed by atoms with Crippen LogP contribution in [0, 0.1) is 12.8 Å². The molecular weight excluding hydrogens is 320 g/mol. The third-order valence-corrected chi connectivity index (χ3v) is 4.21. The zero-order valence-corrected chi connectivity index (χ0v) is 13.7. The van der Waals surface area contributed by atoms with Crippen molar-refractivity contribution in [1.82, 2.24) is 0 Å². The Labute approximate surface area is 145 Å². The molecule has 6 nitrogen and oxygen atoms in total. The maximum absolute atomic E-state index is 12.4. The zero-order valence-electron chi connectivity index (χ0n) is 13.7. The van der Waals surface area contributed by atoms with E-state index in [9.17, 15) is 14.4 Å². The number of aryl methyl sites for hydroxylation is 1. The third-order valence-electron chi connectivity index (χ3n) is 4.21. The molecule has 1 saturated heterocycles. The Hall–Kier alpha value is -3.15. The topological polar surface area (TPSA) is 86.7 Å². The van der Waals surface area contributed by atoms with Gasteiger partial charge in [0.1, 0.15) is 0 Å². The van der Waals surface area contributed by atoms with Crippen molar-refractivity contribution in [3.05, 3.63) is 59.7 Å². The number of rotatable bonds is 4. The number of amides is 2. The highest BCUT2D eigenvalue weighted by Crippen LogP contribution is 2.26. The lowest BCUT2D eigenvalue weighted by atomic mass is 10.1. The summed E-state index contributed by atoms with van der Waals surface area (Å²) < 4.78 is 0. The van der Waals surface area contributed by atoms with E-state index in [0.717, 1.165) is 11.3 Å². The Kier molecular flexibility index (Phi) is 4.52. The van der Waals surface area contributed by atoms with E-state index in [-0.39, 0.29) is 23.8 Å². The molecule has 2 amide bonds. The first-order valence-corrected chi connectivity index (χ1v) is 7.95. The minimum atomic E-state index is -1.02. The van der Waals surface area contributed by atoms with E-state index in [0.29, 0.717) is 12.2 Å². The Morgan fingerprint density at radius 2 is 1.88 bits per heavy atom. The first-order chi connectivity index (χ1) is 11.9. The molecule has 1 aliphatic rings. The van der Waals surface area contributed by atoms with E-state index in [4.69, 9.17) is 5.11 Å². The van der Waals surface area contributed by atoms with Crippen LogP contribution < -0.4 is 10.2 Å². The Morgan fingerprint density at radius 3 is 2.52 bits per heavy atom. The molecule has 2 aromatic carbocycles. The smallest absolute Gasteiger partial charge is 0.335 e. The molecule has 1 heterocycles. The number of carboxylic acids is 1. The molecule has 128 valence electrons. The van der Waals surface area contributed by atoms with Crippen LogP contribution in [-0.2, 0) is 9.59 Å². The summed E-state index contributed by atoms with van der Waals surface area (Å²) in [6, 6.07) is 13.5. The van der Waals surface area contributed by atoms with Gasteiger partial charge in [-0.15, -0.1) is 0 Å². The van der Waals surface area contributed by atoms with Crippen molar-refractivity contribution < 1.29 is 19.5 Å². The summed E-state index contributed by atoms with van der Waals surface area (Å²) in [5, 5.41) is 11.6. The van der Waals surface area contributed by atoms with Gasteiger partial charge in [-0.25, -0.2) is 4.79 Å². The monoisotopic (exact) mass is 338 g/mol. The molecule has 0 spiro atoms. The van der Waals surface area contributed by atoms with Crippen LogP contribution in [0.3, 0.4) is 0 Å². The van der Waals surface area contributed by atoms with Crippen LogP contribution in [0.15, 0.2) is 48.5 Å². The zero-order chi connectivity index (χ0) is 18.0. The molecule has 1 fully saturated rings. The van der Waals surface area contributed by atoms with Crippen molar-refractivity contribution in [3.8, 4) is 0 Å². The van der Waals surface area contributed by atoms with Crippen LogP contribution in [0.1, 0.15) is 22.3 Å². The van der Waals surface area contributed by atoms with E-state index in [1.54, 1.807) is 4.90 Å². The van der Waals surface area contributed by atoms with Crippen LogP contribution in [-0.4, -0.2) is 29.4 Å². The molecule has 0 bridgehead atoms. The van der Waals surface area contributed by atoms with Crippen LogP contribution in [0.25, 0.3) is 0 Å². The van der Waals surface area contributed by atoms with Gasteiger partial charge < -0.3 is 15.3 Å². The minimum absolute atomic E-state index is 0.0769. The Bertz CT molecular complexity index is 830. The average Bonchev–Trinajstić information content (AvgIpc) is 2.97. The first kappa shape index (κ1) is 16.7. The molecule has 0 aliphatic carbocycles. The number of aromatic carboxylic acids is 1. The predicted octanol–water partition coefficient (Wildman–Crippen LogP) is 2.68. The average molecular weight is 338 g/mol. The van der Waals surface area contributed by atoms with Gasteiger partial charge in [0, 0.05) is 24.3 Å². The standard InChI is InChI=1S/C19H18N2O4/c1-12-3-2-4-16(9-12)21-11-14(10-17(21)22)18(23)20-15-7-5-13(6-8-15)19(24)25/h2-9,14H,10-11H2,1H3,(H,20,23)(H,24,25)/t14-/m0/s1. The fourth-order valence-electron chi connectivity index (χ4n) is 2.87. The van der Waals surface area contributed by atoms with E-state index in [1.165, 1.54) is 24.3 Å². The Morgan fingerprint density at radius 1 is 1.16 bits per heavy atom. The number of hydrogen-bond acceptors (Lipinski definition) is 3. The predicted molar refractivity (Wildman–Crippen MR) is 93.7 cm³/mol. The molecule has 1 atom stereocenters. The number of nitrogens with zero attached hydrogens (tertiary/aromatic N) is 1. The van der Waals surface area contributed by atoms with Gasteiger partial charge in [0.2, 0.25) is 11.8 Å². The van der Waals surface area contributed by atoms with Crippen molar-refractivity contribution in [2.45, 2.75) is 13.3 Å². The normalized spacial score (nSPS) is 16.8. The number of nitrogens with one attached hydrogen (secondary N) is 1. The summed E-state index contributed by atoms with van der Waals surface area (Å²) in [7, 11) is 0. The van der Waals surface area contributed by atoms with Crippen molar-refractivity contribution >= 4 is 29.2 Å². The lowest BCUT2D eigenvalue weighted by Crippen LogP contribution is -2.28. The number of carboxylic acid groups (broad SMARTS) is 1. The second-order valence-electron chi connectivity index (χ2n) is 6.12. The maximum Gasteiger partial charge on any atom is 0.335 e. The summed E-state index contributed by atoms with van der Waals surface area (Å²) in [6.45, 7) is 2.29. The first-order valence-electron chi connectivity index (χ1n) is 7.95. The highest BCUT2D eigenvalue weighted by molar-refractivity contribution is 6.03. The summed E-state index contributed by atoms with van der Waals surface area (Å²) in [4.78, 5) is 37.1. The summed E-state index contributed by atoms with van der Waals surface area (Å²) in [5.41, 5.74) is 2.51. The van der Waals surface area contributed by atoms with Crippen molar-refractivity contribution in [3.63, 3.8) is 0 Å². The van der Waals surface area contributed by atoms with Gasteiger partial charge in [0.25, 0.3) is 0 Å². The highest BCUT2D eigenvalue weighted by Gasteiger charge is 2.35. The molecule has 2 N–H and O–H groups in total. The lowest BCUT2D eigenvalue weighted by Gasteiger charge is -2.17. The molecule has 0 aromatic heterocycles. The third kappa shape index (κ3) is 3.68. The summed E-state index contributed by atoms with van der Waals surface area (Å²) in [5.74, 6) is -1.78. The van der Waals surface area contributed by atoms with Gasteiger partial charge in [-0.3, -0.25) is 9.59 Å². The number of hydrogen-bond donors (Lipinski definition) is 2. The fraction of sp³-hybridized carbons (Fsp3) is 0.211. The SMILES string of the molecule is Cc1cccc(N2C[C@@H](C(=O)Nc3ccc(C(=O)O)cc3)CC2=O)c1. The van der Waals surface area contributed by atoms with E-state index in [1.807, 2.05) is 31.2 Å². The highest BCUT2D eigenvalue weighted by atomic mass is 16.4. The lowest BCUT2D eigenvalue weighted by molar-refractivity contribution is -0.122. The van der Waals surface area contributed by atoms with Gasteiger partial charge >= 0.3 is 5.97 Å². The molecule has 0 radical (unpaired) electrons. The van der Waals surface area contributed by atoms with E-state index in [2.05, 4.69) is 5.32 Å².